The van der Waals surface area contributed by atoms with Crippen LogP contribution in [0.25, 0.3) is 0 Å². The molecular weight excluding hydrogens is 566 g/mol. The molecule has 7 nitrogen and oxygen atoms in total. The fraction of sp³-hybridized carbons (Fsp3) is 0.517. The number of nitrogens with one attached hydrogen (secondary N) is 1. The highest BCUT2D eigenvalue weighted by Crippen LogP contribution is 2.23. The SMILES string of the molecule is Cc1cc(C)cc(N(CCCC(=O)N(Cc2ccc(Br)cc2)C(C)C(=O)NC2CCCCC2)S(C)(=O)=O)c1. The number of aryl methyl sites for hydroxylation is 2. The number of nitrogens with zero attached hydrogens (tertiary/aromatic N) is 2. The number of halogens is 1. The largest absolute Gasteiger partial charge is 0.352 e. The molecule has 9 heteroatoms. The van der Waals surface area contributed by atoms with Crippen LogP contribution in [0.1, 0.15) is 68.6 Å². The fourth-order valence-corrected chi connectivity index (χ4v) is 6.25. The van der Waals surface area contributed by atoms with Gasteiger partial charge in [-0.25, -0.2) is 8.42 Å². The van der Waals surface area contributed by atoms with Gasteiger partial charge in [-0.15, -0.1) is 0 Å². The molecule has 1 saturated carbocycles. The number of sulfonamides is 1. The van der Waals surface area contributed by atoms with Gasteiger partial charge in [-0.3, -0.25) is 13.9 Å². The van der Waals surface area contributed by atoms with E-state index in [0.29, 0.717) is 18.7 Å². The first-order valence-electron chi connectivity index (χ1n) is 13.3. The van der Waals surface area contributed by atoms with Gasteiger partial charge in [-0.05, 0) is 81.0 Å². The van der Waals surface area contributed by atoms with Gasteiger partial charge in [0.25, 0.3) is 0 Å². The van der Waals surface area contributed by atoms with E-state index < -0.39 is 16.1 Å². The predicted octanol–water partition coefficient (Wildman–Crippen LogP) is 5.48. The summed E-state index contributed by atoms with van der Waals surface area (Å²) in [6, 6.07) is 12.9. The van der Waals surface area contributed by atoms with E-state index in [2.05, 4.69) is 21.2 Å². The van der Waals surface area contributed by atoms with Crippen molar-refractivity contribution in [2.75, 3.05) is 17.1 Å². The molecule has 1 fully saturated rings. The molecule has 1 atom stereocenters. The first kappa shape index (κ1) is 30.2. The van der Waals surface area contributed by atoms with Crippen molar-refractivity contribution >= 4 is 43.5 Å². The normalized spacial score (nSPS) is 15.1. The van der Waals surface area contributed by atoms with Gasteiger partial charge in [0.15, 0.2) is 0 Å². The zero-order valence-electron chi connectivity index (χ0n) is 22.9. The highest BCUT2D eigenvalue weighted by molar-refractivity contribution is 9.10. The molecule has 208 valence electrons. The topological polar surface area (TPSA) is 86.8 Å². The number of benzene rings is 2. The van der Waals surface area contributed by atoms with Gasteiger partial charge in [-0.1, -0.05) is 53.4 Å². The lowest BCUT2D eigenvalue weighted by atomic mass is 9.95. The van der Waals surface area contributed by atoms with Crippen molar-refractivity contribution in [1.29, 1.82) is 0 Å². The smallest absolute Gasteiger partial charge is 0.242 e. The molecule has 0 aliphatic heterocycles. The molecule has 0 radical (unpaired) electrons. The van der Waals surface area contributed by atoms with Crippen molar-refractivity contribution in [3.8, 4) is 0 Å². The van der Waals surface area contributed by atoms with Gasteiger partial charge in [0.05, 0.1) is 11.9 Å². The summed E-state index contributed by atoms with van der Waals surface area (Å²) in [5.74, 6) is -0.316. The summed E-state index contributed by atoms with van der Waals surface area (Å²) in [5.41, 5.74) is 3.47. The number of carbonyl (C=O) groups excluding carboxylic acids is 2. The lowest BCUT2D eigenvalue weighted by molar-refractivity contribution is -0.141. The molecule has 1 unspecified atom stereocenters. The minimum absolute atomic E-state index is 0.133. The molecule has 0 heterocycles. The Labute approximate surface area is 236 Å². The number of amides is 2. The van der Waals surface area contributed by atoms with Crippen molar-refractivity contribution in [2.45, 2.75) is 84.3 Å². The van der Waals surface area contributed by atoms with Gasteiger partial charge >= 0.3 is 0 Å². The maximum atomic E-state index is 13.5. The molecule has 1 aliphatic rings. The standard InChI is InChI=1S/C29H40BrN3O4S/c1-21-17-22(2)19-27(18-21)33(38(4,36)37)16-8-11-28(34)32(20-24-12-14-25(30)15-13-24)23(3)29(35)31-26-9-6-5-7-10-26/h12-15,17-19,23,26H,5-11,16,20H2,1-4H3,(H,31,35). The molecule has 2 aromatic carbocycles. The van der Waals surface area contributed by atoms with E-state index in [0.717, 1.165) is 46.8 Å². The van der Waals surface area contributed by atoms with Crippen LogP contribution < -0.4 is 9.62 Å². The molecule has 1 N–H and O–H groups in total. The molecule has 2 aromatic rings. The molecule has 38 heavy (non-hydrogen) atoms. The third kappa shape index (κ3) is 8.83. The van der Waals surface area contributed by atoms with E-state index in [4.69, 9.17) is 0 Å². The van der Waals surface area contributed by atoms with Gasteiger partial charge in [0.2, 0.25) is 21.8 Å². The molecule has 0 saturated heterocycles. The van der Waals surface area contributed by atoms with Gasteiger partial charge in [-0.2, -0.15) is 0 Å². The minimum atomic E-state index is -3.53. The van der Waals surface area contributed by atoms with Crippen molar-refractivity contribution in [1.82, 2.24) is 10.2 Å². The Morgan fingerprint density at radius 1 is 1.03 bits per heavy atom. The molecular formula is C29H40BrN3O4S. The summed E-state index contributed by atoms with van der Waals surface area (Å²) in [7, 11) is -3.53. The summed E-state index contributed by atoms with van der Waals surface area (Å²) in [6.45, 7) is 6.12. The zero-order valence-corrected chi connectivity index (χ0v) is 25.3. The second-order valence-electron chi connectivity index (χ2n) is 10.5. The van der Waals surface area contributed by atoms with Crippen LogP contribution in [0.4, 0.5) is 5.69 Å². The molecule has 0 aromatic heterocycles. The van der Waals surface area contributed by atoms with Crippen LogP contribution in [0.5, 0.6) is 0 Å². The van der Waals surface area contributed by atoms with Gasteiger partial charge in [0, 0.05) is 30.0 Å². The summed E-state index contributed by atoms with van der Waals surface area (Å²) in [4.78, 5) is 28.3. The van der Waals surface area contributed by atoms with E-state index in [1.165, 1.54) is 17.0 Å². The highest BCUT2D eigenvalue weighted by Gasteiger charge is 2.28. The Kier molecular flexibility index (Phi) is 10.8. The number of rotatable bonds is 11. The molecule has 1 aliphatic carbocycles. The van der Waals surface area contributed by atoms with Crippen LogP contribution in [-0.4, -0.2) is 50.0 Å². The number of anilines is 1. The Hall–Kier alpha value is -2.39. The van der Waals surface area contributed by atoms with Crippen molar-refractivity contribution in [2.24, 2.45) is 0 Å². The van der Waals surface area contributed by atoms with E-state index in [-0.39, 0.29) is 30.8 Å². The first-order valence-corrected chi connectivity index (χ1v) is 16.0. The monoisotopic (exact) mass is 605 g/mol. The molecule has 0 bridgehead atoms. The maximum Gasteiger partial charge on any atom is 0.242 e. The summed E-state index contributed by atoms with van der Waals surface area (Å²) >= 11 is 3.44. The molecule has 2 amide bonds. The summed E-state index contributed by atoms with van der Waals surface area (Å²) in [5, 5.41) is 3.15. The minimum Gasteiger partial charge on any atom is -0.352 e. The summed E-state index contributed by atoms with van der Waals surface area (Å²) in [6.07, 6.45) is 7.02. The Bertz CT molecular complexity index is 1190. The van der Waals surface area contributed by atoms with Crippen molar-refractivity contribution in [3.05, 3.63) is 63.6 Å². The Morgan fingerprint density at radius 2 is 1.63 bits per heavy atom. The van der Waals surface area contributed by atoms with E-state index >= 15 is 0 Å². The predicted molar refractivity (Wildman–Crippen MR) is 157 cm³/mol. The zero-order chi connectivity index (χ0) is 27.9. The number of hydrogen-bond acceptors (Lipinski definition) is 4. The third-order valence-corrected chi connectivity index (χ3v) is 8.75. The van der Waals surface area contributed by atoms with Crippen LogP contribution in [-0.2, 0) is 26.2 Å². The lowest BCUT2D eigenvalue weighted by Gasteiger charge is -2.31. The van der Waals surface area contributed by atoms with Gasteiger partial charge in [0.1, 0.15) is 6.04 Å². The van der Waals surface area contributed by atoms with Crippen LogP contribution in [0.2, 0.25) is 0 Å². The van der Waals surface area contributed by atoms with Crippen molar-refractivity contribution in [3.63, 3.8) is 0 Å². The quantitative estimate of drug-likeness (QED) is 0.367. The maximum absolute atomic E-state index is 13.5. The van der Waals surface area contributed by atoms with Crippen molar-refractivity contribution < 1.29 is 18.0 Å². The van der Waals surface area contributed by atoms with E-state index in [1.807, 2.05) is 56.3 Å². The Balaban J connectivity index is 1.72. The van der Waals surface area contributed by atoms with Crippen LogP contribution in [0.15, 0.2) is 46.9 Å². The van der Waals surface area contributed by atoms with Gasteiger partial charge < -0.3 is 10.2 Å². The third-order valence-electron chi connectivity index (χ3n) is 7.03. The van der Waals surface area contributed by atoms with Crippen LogP contribution >= 0.6 is 15.9 Å². The Morgan fingerprint density at radius 3 is 2.21 bits per heavy atom. The lowest BCUT2D eigenvalue weighted by Crippen LogP contribution is -2.50. The molecule has 3 rings (SSSR count). The average molecular weight is 607 g/mol. The van der Waals surface area contributed by atoms with Crippen LogP contribution in [0.3, 0.4) is 0 Å². The molecule has 0 spiro atoms. The van der Waals surface area contributed by atoms with E-state index in [9.17, 15) is 18.0 Å². The second-order valence-corrected chi connectivity index (χ2v) is 13.3. The number of hydrogen-bond donors (Lipinski definition) is 1. The summed E-state index contributed by atoms with van der Waals surface area (Å²) < 4.78 is 27.5. The fourth-order valence-electron chi connectivity index (χ4n) is 5.04. The van der Waals surface area contributed by atoms with Crippen LogP contribution in [0, 0.1) is 13.8 Å². The first-order chi connectivity index (χ1) is 17.9. The average Bonchev–Trinajstić information content (AvgIpc) is 2.85. The number of carbonyl (C=O) groups is 2. The second kappa shape index (κ2) is 13.6. The van der Waals surface area contributed by atoms with E-state index in [1.54, 1.807) is 11.8 Å². The highest BCUT2D eigenvalue weighted by atomic mass is 79.9.